The summed E-state index contributed by atoms with van der Waals surface area (Å²) in [6.45, 7) is -0.0159. The van der Waals surface area contributed by atoms with Crippen molar-refractivity contribution in [2.75, 3.05) is 24.6 Å². The molecule has 1 amide bonds. The molecule has 0 radical (unpaired) electrons. The number of aliphatic carboxylic acids is 1. The van der Waals surface area contributed by atoms with Crippen LogP contribution in [0, 0.1) is 0 Å². The normalized spacial score (nSPS) is 33.1. The van der Waals surface area contributed by atoms with E-state index in [1.807, 2.05) is 0 Å². The number of carboxylic acids is 1. The number of nitrogens with one attached hydrogen (secondary N) is 1. The molecule has 0 spiro atoms. The molecule has 0 aliphatic carbocycles. The van der Waals surface area contributed by atoms with Gasteiger partial charge in [-0.1, -0.05) is 0 Å². The molecular weight excluding hydrogens is 288 g/mol. The summed E-state index contributed by atoms with van der Waals surface area (Å²) in [6, 6.07) is -1.27. The number of hydrogen-bond acceptors (Lipinski definition) is 6. The molecule has 0 saturated carbocycles. The van der Waals surface area contributed by atoms with Crippen molar-refractivity contribution in [3.05, 3.63) is 0 Å². The van der Waals surface area contributed by atoms with Crippen molar-refractivity contribution in [3.63, 3.8) is 0 Å². The SMILES string of the molecule is O=C(CN1CC(O)CC1C(=O)O)NC1CCS(=O)(=O)C1. The van der Waals surface area contributed by atoms with Crippen LogP contribution in [0.25, 0.3) is 0 Å². The number of likely N-dealkylation sites (tertiary alicyclic amines) is 1. The number of nitrogens with zero attached hydrogens (tertiary/aromatic N) is 1. The smallest absolute Gasteiger partial charge is 0.321 e. The standard InChI is InChI=1S/C11H18N2O6S/c14-8-3-9(11(16)17)13(4-8)5-10(15)12-7-1-2-20(18,19)6-7/h7-9,14H,1-6H2,(H,12,15)(H,16,17). The van der Waals surface area contributed by atoms with Gasteiger partial charge in [0.15, 0.2) is 9.84 Å². The molecule has 0 aromatic rings. The molecule has 2 fully saturated rings. The second-order valence-electron chi connectivity index (χ2n) is 5.34. The fourth-order valence-corrected chi connectivity index (χ4v) is 4.35. The summed E-state index contributed by atoms with van der Waals surface area (Å²) >= 11 is 0. The predicted octanol–water partition coefficient (Wildman–Crippen LogP) is -2.19. The first-order valence-electron chi connectivity index (χ1n) is 6.41. The molecule has 2 heterocycles. The van der Waals surface area contributed by atoms with Crippen LogP contribution in [0.2, 0.25) is 0 Å². The first-order chi connectivity index (χ1) is 9.27. The van der Waals surface area contributed by atoms with Crippen molar-refractivity contribution in [1.29, 1.82) is 0 Å². The third-order valence-corrected chi connectivity index (χ3v) is 5.38. The molecule has 0 aromatic heterocycles. The topological polar surface area (TPSA) is 124 Å². The van der Waals surface area contributed by atoms with E-state index < -0.39 is 39.9 Å². The highest BCUT2D eigenvalue weighted by Crippen LogP contribution is 2.18. The molecule has 20 heavy (non-hydrogen) atoms. The molecule has 2 aliphatic rings. The van der Waals surface area contributed by atoms with Crippen molar-refractivity contribution in [3.8, 4) is 0 Å². The molecule has 2 rings (SSSR count). The first-order valence-corrected chi connectivity index (χ1v) is 8.23. The van der Waals surface area contributed by atoms with E-state index in [1.54, 1.807) is 0 Å². The Labute approximate surface area is 116 Å². The second-order valence-corrected chi connectivity index (χ2v) is 7.57. The van der Waals surface area contributed by atoms with E-state index in [0.29, 0.717) is 6.42 Å². The Kier molecular flexibility index (Phi) is 4.31. The van der Waals surface area contributed by atoms with Crippen molar-refractivity contribution < 1.29 is 28.2 Å². The van der Waals surface area contributed by atoms with Gasteiger partial charge in [-0.05, 0) is 6.42 Å². The summed E-state index contributed by atoms with van der Waals surface area (Å²) in [5, 5.41) is 21.1. The molecule has 114 valence electrons. The lowest BCUT2D eigenvalue weighted by molar-refractivity contribution is -0.142. The third kappa shape index (κ3) is 3.68. The molecule has 0 aromatic carbocycles. The molecule has 2 saturated heterocycles. The van der Waals surface area contributed by atoms with Gasteiger partial charge in [0, 0.05) is 19.0 Å². The zero-order valence-electron chi connectivity index (χ0n) is 10.9. The van der Waals surface area contributed by atoms with E-state index in [1.165, 1.54) is 4.90 Å². The zero-order chi connectivity index (χ0) is 14.9. The van der Waals surface area contributed by atoms with Gasteiger partial charge in [-0.3, -0.25) is 14.5 Å². The van der Waals surface area contributed by atoms with Crippen LogP contribution in [0.15, 0.2) is 0 Å². The van der Waals surface area contributed by atoms with Gasteiger partial charge < -0.3 is 15.5 Å². The van der Waals surface area contributed by atoms with E-state index in [0.717, 1.165) is 0 Å². The fourth-order valence-electron chi connectivity index (χ4n) is 2.68. The van der Waals surface area contributed by atoms with Crippen LogP contribution in [-0.2, 0) is 19.4 Å². The second kappa shape index (κ2) is 5.66. The van der Waals surface area contributed by atoms with E-state index in [4.69, 9.17) is 5.11 Å². The lowest BCUT2D eigenvalue weighted by Crippen LogP contribution is -2.46. The van der Waals surface area contributed by atoms with Crippen LogP contribution in [0.5, 0.6) is 0 Å². The van der Waals surface area contributed by atoms with E-state index >= 15 is 0 Å². The average molecular weight is 306 g/mol. The van der Waals surface area contributed by atoms with Crippen LogP contribution in [0.3, 0.4) is 0 Å². The molecule has 8 nitrogen and oxygen atoms in total. The number of amides is 1. The lowest BCUT2D eigenvalue weighted by atomic mass is 10.2. The van der Waals surface area contributed by atoms with Crippen LogP contribution >= 0.6 is 0 Å². The lowest BCUT2D eigenvalue weighted by Gasteiger charge is -2.21. The number of β-amino-alcohol motifs (C(OH)–C–C–N with tert-alkyl or cyclic N) is 1. The van der Waals surface area contributed by atoms with Gasteiger partial charge in [-0.25, -0.2) is 8.42 Å². The van der Waals surface area contributed by atoms with Crippen molar-refractivity contribution in [2.24, 2.45) is 0 Å². The van der Waals surface area contributed by atoms with Crippen LogP contribution in [-0.4, -0.2) is 78.2 Å². The Morgan fingerprint density at radius 2 is 2.05 bits per heavy atom. The molecular formula is C11H18N2O6S. The Morgan fingerprint density at radius 3 is 2.60 bits per heavy atom. The van der Waals surface area contributed by atoms with Crippen LogP contribution in [0.4, 0.5) is 0 Å². The minimum absolute atomic E-state index is 0.0657. The van der Waals surface area contributed by atoms with Gasteiger partial charge >= 0.3 is 5.97 Å². The van der Waals surface area contributed by atoms with Crippen molar-refractivity contribution >= 4 is 21.7 Å². The Morgan fingerprint density at radius 1 is 1.35 bits per heavy atom. The highest BCUT2D eigenvalue weighted by Gasteiger charge is 2.37. The average Bonchev–Trinajstić information content (AvgIpc) is 2.82. The molecule has 2 aliphatic heterocycles. The Hall–Kier alpha value is -1.19. The number of rotatable bonds is 4. The molecule has 3 N–H and O–H groups in total. The number of carbonyl (C=O) groups excluding carboxylic acids is 1. The summed E-state index contributed by atoms with van der Waals surface area (Å²) in [5.41, 5.74) is 0. The van der Waals surface area contributed by atoms with E-state index in [9.17, 15) is 23.1 Å². The summed E-state index contributed by atoms with van der Waals surface area (Å²) < 4.78 is 22.6. The summed E-state index contributed by atoms with van der Waals surface area (Å²) in [4.78, 5) is 24.2. The maximum absolute atomic E-state index is 11.8. The van der Waals surface area contributed by atoms with E-state index in [2.05, 4.69) is 5.32 Å². The van der Waals surface area contributed by atoms with Gasteiger partial charge in [-0.2, -0.15) is 0 Å². The number of sulfone groups is 1. The Balaban J connectivity index is 1.87. The molecule has 9 heteroatoms. The number of aliphatic hydroxyl groups excluding tert-OH is 1. The highest BCUT2D eigenvalue weighted by atomic mass is 32.2. The summed E-state index contributed by atoms with van der Waals surface area (Å²) in [6.07, 6.45) is -0.268. The predicted molar refractivity (Wildman–Crippen MR) is 68.8 cm³/mol. The zero-order valence-corrected chi connectivity index (χ0v) is 11.7. The monoisotopic (exact) mass is 306 g/mol. The van der Waals surface area contributed by atoms with Gasteiger partial charge in [-0.15, -0.1) is 0 Å². The van der Waals surface area contributed by atoms with Crippen molar-refractivity contribution in [1.82, 2.24) is 10.2 Å². The number of carbonyl (C=O) groups is 2. The maximum atomic E-state index is 11.8. The van der Waals surface area contributed by atoms with Gasteiger partial charge in [0.05, 0.1) is 24.2 Å². The molecule has 0 bridgehead atoms. The summed E-state index contributed by atoms with van der Waals surface area (Å²) in [5.74, 6) is -1.48. The van der Waals surface area contributed by atoms with Gasteiger partial charge in [0.2, 0.25) is 5.91 Å². The number of carboxylic acid groups (broad SMARTS) is 1. The van der Waals surface area contributed by atoms with Gasteiger partial charge in [0.25, 0.3) is 0 Å². The van der Waals surface area contributed by atoms with Crippen LogP contribution in [0.1, 0.15) is 12.8 Å². The third-order valence-electron chi connectivity index (χ3n) is 3.61. The number of aliphatic hydroxyl groups is 1. The first kappa shape index (κ1) is 15.2. The largest absolute Gasteiger partial charge is 0.480 e. The van der Waals surface area contributed by atoms with Crippen molar-refractivity contribution in [2.45, 2.75) is 31.0 Å². The minimum Gasteiger partial charge on any atom is -0.480 e. The fraction of sp³-hybridized carbons (Fsp3) is 0.818. The molecule has 3 unspecified atom stereocenters. The van der Waals surface area contributed by atoms with Gasteiger partial charge in [0.1, 0.15) is 6.04 Å². The minimum atomic E-state index is -3.06. The highest BCUT2D eigenvalue weighted by molar-refractivity contribution is 7.91. The summed E-state index contributed by atoms with van der Waals surface area (Å²) in [7, 11) is -3.06. The quantitative estimate of drug-likeness (QED) is 0.539. The van der Waals surface area contributed by atoms with Crippen LogP contribution < -0.4 is 5.32 Å². The molecule has 3 atom stereocenters. The maximum Gasteiger partial charge on any atom is 0.321 e. The number of hydrogen-bond donors (Lipinski definition) is 3. The van der Waals surface area contributed by atoms with E-state index in [-0.39, 0.29) is 31.0 Å². The Bertz CT molecular complexity index is 505.